The lowest BCUT2D eigenvalue weighted by molar-refractivity contribution is -0.136. The highest BCUT2D eigenvalue weighted by atomic mass is 127. The average molecular weight is 809 g/mol. The number of halogens is 2. The molecule has 1 heterocycles. The highest BCUT2D eigenvalue weighted by Gasteiger charge is 2.32. The molecule has 2 atom stereocenters. The molecule has 4 N–H and O–H groups in total. The Morgan fingerprint density at radius 1 is 1.09 bits per heavy atom. The molecular formula is C32H34BrIN4O8. The number of amides is 2. The second-order valence-corrected chi connectivity index (χ2v) is 12.0. The molecule has 4 rings (SSSR count). The molecule has 12 nitrogen and oxygen atoms in total. The van der Waals surface area contributed by atoms with Crippen LogP contribution in [0.1, 0.15) is 36.6 Å². The molecule has 2 amide bonds. The van der Waals surface area contributed by atoms with Crippen LogP contribution in [-0.4, -0.2) is 57.0 Å². The smallest absolute Gasteiger partial charge is 0.337 e. The van der Waals surface area contributed by atoms with Crippen molar-refractivity contribution in [3.63, 3.8) is 0 Å². The summed E-state index contributed by atoms with van der Waals surface area (Å²) in [5.74, 6) is 1.20. The molecule has 0 aliphatic carbocycles. The van der Waals surface area contributed by atoms with E-state index < -0.39 is 24.3 Å². The van der Waals surface area contributed by atoms with Crippen LogP contribution in [0.3, 0.4) is 0 Å². The predicted octanol–water partition coefficient (Wildman–Crippen LogP) is 5.16. The Hall–Kier alpha value is -4.02. The van der Waals surface area contributed by atoms with Crippen molar-refractivity contribution in [1.29, 1.82) is 0 Å². The Kier molecular flexibility index (Phi) is 12.5. The molecule has 0 aromatic heterocycles. The quantitative estimate of drug-likeness (QED) is 0.0570. The maximum Gasteiger partial charge on any atom is 0.337 e. The van der Waals surface area contributed by atoms with Crippen LogP contribution in [0.4, 0.5) is 4.79 Å². The van der Waals surface area contributed by atoms with E-state index >= 15 is 0 Å². The van der Waals surface area contributed by atoms with Crippen LogP contribution in [0.25, 0.3) is 0 Å². The molecule has 0 saturated heterocycles. The monoisotopic (exact) mass is 808 g/mol. The predicted molar refractivity (Wildman–Crippen MR) is 183 cm³/mol. The summed E-state index contributed by atoms with van der Waals surface area (Å²) >= 11 is 5.62. The van der Waals surface area contributed by atoms with Crippen LogP contribution >= 0.6 is 38.5 Å². The molecule has 3 aromatic carbocycles. The number of ether oxygens (including phenoxy) is 5. The van der Waals surface area contributed by atoms with Gasteiger partial charge in [0.15, 0.2) is 29.2 Å². The molecule has 0 radical (unpaired) electrons. The molecule has 0 fully saturated rings. The van der Waals surface area contributed by atoms with Crippen LogP contribution < -0.4 is 35.0 Å². The fourth-order valence-corrected chi connectivity index (χ4v) is 5.42. The van der Waals surface area contributed by atoms with Crippen LogP contribution in [0, 0.1) is 3.57 Å². The zero-order valence-corrected chi connectivity index (χ0v) is 29.3. The molecule has 244 valence electrons. The van der Waals surface area contributed by atoms with Crippen molar-refractivity contribution in [3.8, 4) is 23.0 Å². The van der Waals surface area contributed by atoms with Crippen molar-refractivity contribution in [2.75, 3.05) is 27.4 Å². The fraction of sp³-hybridized carbons (Fsp3) is 0.281. The lowest BCUT2D eigenvalue weighted by Gasteiger charge is -2.28. The van der Waals surface area contributed by atoms with Gasteiger partial charge in [-0.05, 0) is 84.0 Å². The number of urea groups is 1. The van der Waals surface area contributed by atoms with Gasteiger partial charge < -0.3 is 39.4 Å². The van der Waals surface area contributed by atoms with Gasteiger partial charge in [-0.25, -0.2) is 9.59 Å². The number of benzene rings is 3. The van der Waals surface area contributed by atoms with Gasteiger partial charge >= 0.3 is 12.0 Å². The highest BCUT2D eigenvalue weighted by Crippen LogP contribution is 2.35. The van der Waals surface area contributed by atoms with E-state index in [1.165, 1.54) is 13.3 Å². The summed E-state index contributed by atoms with van der Waals surface area (Å²) in [6.45, 7) is 3.92. The molecule has 0 unspecified atom stereocenters. The number of methoxy groups -OCH3 is 2. The summed E-state index contributed by atoms with van der Waals surface area (Å²) in [4.78, 5) is 24.7. The van der Waals surface area contributed by atoms with Gasteiger partial charge in [0.2, 0.25) is 0 Å². The van der Waals surface area contributed by atoms with E-state index in [1.54, 1.807) is 32.2 Å². The first-order chi connectivity index (χ1) is 22.1. The zero-order valence-electron chi connectivity index (χ0n) is 25.6. The largest absolute Gasteiger partial charge is 0.493 e. The van der Waals surface area contributed by atoms with Gasteiger partial charge in [0.05, 0.1) is 38.7 Å². The topological polar surface area (TPSA) is 149 Å². The maximum absolute atomic E-state index is 12.5. The van der Waals surface area contributed by atoms with E-state index in [-0.39, 0.29) is 12.2 Å². The second-order valence-electron chi connectivity index (χ2n) is 9.86. The Morgan fingerprint density at radius 2 is 1.85 bits per heavy atom. The van der Waals surface area contributed by atoms with Crippen LogP contribution in [0.2, 0.25) is 0 Å². The molecule has 1 aliphatic rings. The van der Waals surface area contributed by atoms with Crippen molar-refractivity contribution in [2.24, 2.45) is 5.10 Å². The minimum absolute atomic E-state index is 0.171. The van der Waals surface area contributed by atoms with E-state index in [9.17, 15) is 14.7 Å². The fourth-order valence-electron chi connectivity index (χ4n) is 4.54. The van der Waals surface area contributed by atoms with Crippen molar-refractivity contribution >= 4 is 56.7 Å². The number of aliphatic hydroxyl groups is 1. The number of esters is 1. The Labute approximate surface area is 288 Å². The Balaban J connectivity index is 1.44. The molecule has 3 aromatic rings. The van der Waals surface area contributed by atoms with Crippen LogP contribution in [0.5, 0.6) is 23.0 Å². The number of aliphatic hydroxyl groups excluding tert-OH is 1. The van der Waals surface area contributed by atoms with Crippen molar-refractivity contribution in [3.05, 3.63) is 90.6 Å². The van der Waals surface area contributed by atoms with E-state index in [1.807, 2.05) is 43.3 Å². The maximum atomic E-state index is 12.5. The summed E-state index contributed by atoms with van der Waals surface area (Å²) in [5.41, 5.74) is 5.53. The summed E-state index contributed by atoms with van der Waals surface area (Å²) in [7, 11) is 2.84. The van der Waals surface area contributed by atoms with Gasteiger partial charge in [-0.1, -0.05) is 34.1 Å². The molecule has 46 heavy (non-hydrogen) atoms. The average Bonchev–Trinajstić information content (AvgIpc) is 3.03. The van der Waals surface area contributed by atoms with E-state index in [0.29, 0.717) is 53.0 Å². The molecule has 0 bridgehead atoms. The Morgan fingerprint density at radius 3 is 2.54 bits per heavy atom. The number of carbonyl (C=O) groups is 2. The van der Waals surface area contributed by atoms with Gasteiger partial charge in [-0.15, -0.1) is 0 Å². The first-order valence-corrected chi connectivity index (χ1v) is 16.0. The van der Waals surface area contributed by atoms with Gasteiger partial charge in [0.25, 0.3) is 0 Å². The number of hydrogen-bond acceptors (Lipinski definition) is 10. The van der Waals surface area contributed by atoms with Crippen molar-refractivity contribution < 1.29 is 38.4 Å². The summed E-state index contributed by atoms with van der Waals surface area (Å²) in [6, 6.07) is 15.3. The minimum Gasteiger partial charge on any atom is -0.493 e. The van der Waals surface area contributed by atoms with Crippen LogP contribution in [0.15, 0.2) is 75.4 Å². The molecular weight excluding hydrogens is 775 g/mol. The number of rotatable bonds is 14. The minimum atomic E-state index is -1.18. The molecule has 14 heteroatoms. The first-order valence-electron chi connectivity index (χ1n) is 14.1. The third-order valence-electron chi connectivity index (χ3n) is 6.66. The Bertz CT molecular complexity index is 1620. The standard InChI is InChI=1S/C32H34BrIN4O8/c1-5-44-25-13-20(29-28(31(40)43-4)18(2)36-32(41)37-29)8-11-24(25)45-17-27(39)38-35-15-21-12-23(34)14-26(42-3)30(21)46-16-19-6-9-22(33)10-7-19/h6-15,27,29,38-39H,5,16-17H2,1-4H3,(H2,36,37,41)/b35-15+/t27-,29-/m1/s1. The number of allylic oxidation sites excluding steroid dienone is 1. The molecule has 0 spiro atoms. The molecule has 0 saturated carbocycles. The third kappa shape index (κ3) is 9.04. The highest BCUT2D eigenvalue weighted by molar-refractivity contribution is 14.1. The summed E-state index contributed by atoms with van der Waals surface area (Å²) < 4.78 is 30.1. The number of hydrogen-bond donors (Lipinski definition) is 4. The SMILES string of the molecule is CCOc1cc([C@H]2NC(=O)NC(C)=C2C(=O)OC)ccc1OC[C@@H](O)N/N=C/c1cc(I)cc(OC)c1OCc1ccc(Br)cc1. The summed E-state index contributed by atoms with van der Waals surface area (Å²) in [5, 5.41) is 20.1. The lowest BCUT2D eigenvalue weighted by atomic mass is 9.95. The van der Waals surface area contributed by atoms with Crippen molar-refractivity contribution in [1.82, 2.24) is 16.1 Å². The number of carbonyl (C=O) groups excluding carboxylic acids is 2. The van der Waals surface area contributed by atoms with E-state index in [4.69, 9.17) is 23.7 Å². The normalized spacial score (nSPS) is 15.1. The second kappa shape index (κ2) is 16.5. The number of nitrogens with one attached hydrogen (secondary N) is 3. The first kappa shape index (κ1) is 34.8. The van der Waals surface area contributed by atoms with Crippen LogP contribution in [-0.2, 0) is 16.1 Å². The van der Waals surface area contributed by atoms with Gasteiger partial charge in [-0.2, -0.15) is 5.10 Å². The number of hydrazone groups is 1. The number of nitrogens with zero attached hydrogens (tertiary/aromatic N) is 1. The van der Waals surface area contributed by atoms with Gasteiger partial charge in [-0.3, -0.25) is 5.43 Å². The zero-order chi connectivity index (χ0) is 33.2. The van der Waals surface area contributed by atoms with E-state index in [0.717, 1.165) is 13.6 Å². The third-order valence-corrected chi connectivity index (χ3v) is 7.82. The summed E-state index contributed by atoms with van der Waals surface area (Å²) in [6.07, 6.45) is 0.356. The van der Waals surface area contributed by atoms with Crippen molar-refractivity contribution in [2.45, 2.75) is 32.7 Å². The van der Waals surface area contributed by atoms with E-state index in [2.05, 4.69) is 59.7 Å². The van der Waals surface area contributed by atoms with Gasteiger partial charge in [0.1, 0.15) is 13.2 Å². The lowest BCUT2D eigenvalue weighted by Crippen LogP contribution is -2.45. The van der Waals surface area contributed by atoms with Gasteiger partial charge in [0, 0.05) is 19.3 Å². The molecule has 1 aliphatic heterocycles.